The zero-order valence-electron chi connectivity index (χ0n) is 11.0. The summed E-state index contributed by atoms with van der Waals surface area (Å²) in [4.78, 5) is 6.53. The summed E-state index contributed by atoms with van der Waals surface area (Å²) in [5, 5.41) is 11.7. The molecule has 2 heterocycles. The number of likely N-dealkylation sites (N-methyl/N-ethyl adjacent to an activating group) is 1. The van der Waals surface area contributed by atoms with Crippen molar-refractivity contribution in [2.24, 2.45) is 4.99 Å². The van der Waals surface area contributed by atoms with Crippen molar-refractivity contribution in [1.29, 1.82) is 0 Å². The van der Waals surface area contributed by atoms with Crippen LogP contribution in [0.3, 0.4) is 0 Å². The van der Waals surface area contributed by atoms with Crippen molar-refractivity contribution >= 4 is 16.8 Å². The fraction of sp³-hybridized carbons (Fsp3) is 0.500. The van der Waals surface area contributed by atoms with E-state index in [9.17, 15) is 5.11 Å². The number of nitrogens with zero attached hydrogens (tertiary/aromatic N) is 2. The van der Waals surface area contributed by atoms with Gasteiger partial charge in [-0.2, -0.15) is 0 Å². The van der Waals surface area contributed by atoms with Gasteiger partial charge in [-0.25, -0.2) is 0 Å². The lowest BCUT2D eigenvalue weighted by molar-refractivity contribution is -0.245. The number of thioether (sulfide) groups is 1. The first kappa shape index (κ1) is 13.1. The van der Waals surface area contributed by atoms with Crippen LogP contribution in [0.2, 0.25) is 0 Å². The quantitative estimate of drug-likeness (QED) is 0.885. The normalized spacial score (nSPS) is 28.4. The van der Waals surface area contributed by atoms with E-state index in [1.165, 1.54) is 0 Å². The summed E-state index contributed by atoms with van der Waals surface area (Å²) in [6.07, 6.45) is 0. The molecule has 2 aliphatic rings. The summed E-state index contributed by atoms with van der Waals surface area (Å²) in [7, 11) is 1.99. The van der Waals surface area contributed by atoms with Crippen LogP contribution < -0.4 is 0 Å². The summed E-state index contributed by atoms with van der Waals surface area (Å²) in [6.45, 7) is 2.81. The minimum Gasteiger partial charge on any atom is -0.361 e. The van der Waals surface area contributed by atoms with Crippen LogP contribution >= 0.6 is 11.8 Å². The number of benzene rings is 1. The molecule has 19 heavy (non-hydrogen) atoms. The highest BCUT2D eigenvalue weighted by Crippen LogP contribution is 2.28. The van der Waals surface area contributed by atoms with Crippen molar-refractivity contribution < 1.29 is 9.84 Å². The van der Waals surface area contributed by atoms with Crippen LogP contribution in [0.4, 0.5) is 0 Å². The van der Waals surface area contributed by atoms with Crippen molar-refractivity contribution in [1.82, 2.24) is 4.90 Å². The fourth-order valence-corrected chi connectivity index (χ4v) is 3.28. The van der Waals surface area contributed by atoms with Crippen LogP contribution in [-0.2, 0) is 10.5 Å². The standard InChI is InChI=1S/C14H18N2O2S/c1-16-7-8-18-14(17,10-16)12-4-2-11(3-5-12)13-15-6-9-19-13/h2-5,17H,6-10H2,1H3. The molecule has 2 aliphatic heterocycles. The van der Waals surface area contributed by atoms with Crippen LogP contribution in [0.1, 0.15) is 11.1 Å². The SMILES string of the molecule is CN1CCOC(O)(c2ccc(C3=NCCS3)cc2)C1. The minimum absolute atomic E-state index is 0.502. The van der Waals surface area contributed by atoms with Crippen LogP contribution in [0.5, 0.6) is 0 Å². The Labute approximate surface area is 117 Å². The molecule has 1 saturated heterocycles. The largest absolute Gasteiger partial charge is 0.361 e. The number of aliphatic imine (C=N–C) groups is 1. The molecule has 0 bridgehead atoms. The maximum Gasteiger partial charge on any atom is 0.205 e. The molecule has 1 aromatic carbocycles. The lowest BCUT2D eigenvalue weighted by Crippen LogP contribution is -2.48. The average Bonchev–Trinajstić information content (AvgIpc) is 2.92. The first-order valence-electron chi connectivity index (χ1n) is 6.50. The predicted molar refractivity (Wildman–Crippen MR) is 77.6 cm³/mol. The Morgan fingerprint density at radius 3 is 2.79 bits per heavy atom. The van der Waals surface area contributed by atoms with Crippen LogP contribution in [0.25, 0.3) is 0 Å². The Morgan fingerprint density at radius 2 is 2.16 bits per heavy atom. The van der Waals surface area contributed by atoms with E-state index in [1.54, 1.807) is 11.8 Å². The smallest absolute Gasteiger partial charge is 0.205 e. The van der Waals surface area contributed by atoms with Crippen LogP contribution in [0.15, 0.2) is 29.3 Å². The summed E-state index contributed by atoms with van der Waals surface area (Å²) in [6, 6.07) is 7.91. The monoisotopic (exact) mass is 278 g/mol. The van der Waals surface area contributed by atoms with Crippen molar-refractivity contribution in [3.8, 4) is 0 Å². The second-order valence-corrected chi connectivity index (χ2v) is 6.07. The number of morpholine rings is 1. The van der Waals surface area contributed by atoms with E-state index in [0.29, 0.717) is 13.2 Å². The van der Waals surface area contributed by atoms with Crippen LogP contribution in [-0.4, -0.2) is 54.1 Å². The van der Waals surface area contributed by atoms with E-state index < -0.39 is 5.79 Å². The molecule has 0 aromatic heterocycles. The van der Waals surface area contributed by atoms with Gasteiger partial charge in [0.1, 0.15) is 0 Å². The van der Waals surface area contributed by atoms with Gasteiger partial charge in [-0.15, -0.1) is 11.8 Å². The van der Waals surface area contributed by atoms with Gasteiger partial charge in [0, 0.05) is 30.0 Å². The zero-order chi connectivity index (χ0) is 13.3. The van der Waals surface area contributed by atoms with Gasteiger partial charge in [-0.05, 0) is 7.05 Å². The van der Waals surface area contributed by atoms with Crippen molar-refractivity contribution in [2.45, 2.75) is 5.79 Å². The molecule has 1 N–H and O–H groups in total. The van der Waals surface area contributed by atoms with E-state index in [0.717, 1.165) is 35.0 Å². The first-order valence-corrected chi connectivity index (χ1v) is 7.49. The summed E-state index contributed by atoms with van der Waals surface area (Å²) in [5.41, 5.74) is 1.94. The molecule has 102 valence electrons. The Hall–Kier alpha value is -0.880. The topological polar surface area (TPSA) is 45.1 Å². The molecule has 0 radical (unpaired) electrons. The van der Waals surface area contributed by atoms with Crippen molar-refractivity contribution in [2.75, 3.05) is 39.0 Å². The number of β-amino-alcohol motifs (C(OH)–C–C–N with tert-alkyl or cyclic N) is 1. The molecule has 3 rings (SSSR count). The first-order chi connectivity index (χ1) is 9.17. The fourth-order valence-electron chi connectivity index (χ4n) is 2.42. The number of hydrogen-bond donors (Lipinski definition) is 1. The molecule has 0 saturated carbocycles. The lowest BCUT2D eigenvalue weighted by atomic mass is 10.0. The number of aliphatic hydroxyl groups is 1. The average molecular weight is 278 g/mol. The Bertz CT molecular complexity index is 489. The maximum absolute atomic E-state index is 10.6. The minimum atomic E-state index is -1.18. The highest BCUT2D eigenvalue weighted by molar-refractivity contribution is 8.14. The van der Waals surface area contributed by atoms with E-state index in [-0.39, 0.29) is 0 Å². The third-order valence-corrected chi connectivity index (χ3v) is 4.49. The van der Waals surface area contributed by atoms with Gasteiger partial charge in [0.2, 0.25) is 5.79 Å². The Morgan fingerprint density at radius 1 is 1.37 bits per heavy atom. The number of ether oxygens (including phenoxy) is 1. The highest BCUT2D eigenvalue weighted by atomic mass is 32.2. The molecule has 0 aliphatic carbocycles. The van der Waals surface area contributed by atoms with Gasteiger partial charge in [0.05, 0.1) is 18.2 Å². The lowest BCUT2D eigenvalue weighted by Gasteiger charge is -2.37. The molecular weight excluding hydrogens is 260 g/mol. The Balaban J connectivity index is 1.81. The van der Waals surface area contributed by atoms with Gasteiger partial charge < -0.3 is 9.84 Å². The van der Waals surface area contributed by atoms with Gasteiger partial charge in [0.25, 0.3) is 0 Å². The van der Waals surface area contributed by atoms with Gasteiger partial charge in [-0.1, -0.05) is 24.3 Å². The summed E-state index contributed by atoms with van der Waals surface area (Å²) >= 11 is 1.78. The molecule has 5 heteroatoms. The molecule has 0 amide bonds. The molecule has 0 spiro atoms. The second kappa shape index (κ2) is 5.25. The third kappa shape index (κ3) is 2.69. The molecule has 1 fully saturated rings. The maximum atomic E-state index is 10.6. The van der Waals surface area contributed by atoms with Gasteiger partial charge >= 0.3 is 0 Å². The van der Waals surface area contributed by atoms with Gasteiger partial charge in [0.15, 0.2) is 0 Å². The molecule has 1 atom stereocenters. The number of hydrogen-bond acceptors (Lipinski definition) is 5. The molecular formula is C14H18N2O2S. The predicted octanol–water partition coefficient (Wildman–Crippen LogP) is 1.29. The van der Waals surface area contributed by atoms with E-state index in [4.69, 9.17) is 4.74 Å². The van der Waals surface area contributed by atoms with Crippen molar-refractivity contribution in [3.63, 3.8) is 0 Å². The van der Waals surface area contributed by atoms with E-state index >= 15 is 0 Å². The molecule has 1 aromatic rings. The molecule has 4 nitrogen and oxygen atoms in total. The van der Waals surface area contributed by atoms with Crippen molar-refractivity contribution in [3.05, 3.63) is 35.4 Å². The highest BCUT2D eigenvalue weighted by Gasteiger charge is 2.35. The number of rotatable bonds is 2. The van der Waals surface area contributed by atoms with E-state index in [2.05, 4.69) is 9.89 Å². The van der Waals surface area contributed by atoms with Crippen LogP contribution in [0, 0.1) is 0 Å². The van der Waals surface area contributed by atoms with E-state index in [1.807, 2.05) is 31.3 Å². The Kier molecular flexibility index (Phi) is 3.62. The van der Waals surface area contributed by atoms with Gasteiger partial charge in [-0.3, -0.25) is 9.89 Å². The summed E-state index contributed by atoms with van der Waals surface area (Å²) < 4.78 is 5.57. The second-order valence-electron chi connectivity index (χ2n) is 4.98. The third-order valence-electron chi connectivity index (χ3n) is 3.47. The summed E-state index contributed by atoms with van der Waals surface area (Å²) in [5.74, 6) is -0.120. The zero-order valence-corrected chi connectivity index (χ0v) is 11.8. The molecule has 1 unspecified atom stereocenters.